The van der Waals surface area contributed by atoms with E-state index in [2.05, 4.69) is 0 Å². The molecule has 1 aliphatic rings. The Morgan fingerprint density at radius 2 is 1.78 bits per heavy atom. The first-order valence-corrected chi connectivity index (χ1v) is 8.83. The fourth-order valence-corrected chi connectivity index (χ4v) is 4.60. The molecule has 1 heterocycles. The third-order valence-electron chi connectivity index (χ3n) is 3.85. The van der Waals surface area contributed by atoms with E-state index in [1.54, 1.807) is 6.07 Å². The number of ether oxygens (including phenoxy) is 2. The van der Waals surface area contributed by atoms with Gasteiger partial charge in [0.1, 0.15) is 16.4 Å². The summed E-state index contributed by atoms with van der Waals surface area (Å²) in [5.41, 5.74) is 1.71. The minimum absolute atomic E-state index is 0.0398. The monoisotopic (exact) mass is 353 g/mol. The lowest BCUT2D eigenvalue weighted by Gasteiger charge is -2.21. The van der Waals surface area contributed by atoms with Crippen molar-refractivity contribution in [1.82, 2.24) is 0 Å². The van der Waals surface area contributed by atoms with Crippen LogP contribution in [0.1, 0.15) is 5.56 Å². The van der Waals surface area contributed by atoms with Crippen LogP contribution in [0.25, 0.3) is 0 Å². The Hall–Kier alpha value is -1.92. The average molecular weight is 354 g/mol. The zero-order chi connectivity index (χ0) is 16.6. The van der Waals surface area contributed by atoms with Crippen molar-refractivity contribution in [2.24, 2.45) is 0 Å². The van der Waals surface area contributed by atoms with E-state index in [0.29, 0.717) is 29.4 Å². The second kappa shape index (κ2) is 5.94. The first kappa shape index (κ1) is 16.0. The van der Waals surface area contributed by atoms with Gasteiger partial charge in [-0.3, -0.25) is 4.31 Å². The van der Waals surface area contributed by atoms with Gasteiger partial charge in [0.2, 0.25) is 0 Å². The number of halogens is 1. The van der Waals surface area contributed by atoms with E-state index in [1.165, 1.54) is 30.7 Å². The molecule has 0 amide bonds. The molecule has 3 rings (SSSR count). The maximum Gasteiger partial charge on any atom is 0.268 e. The van der Waals surface area contributed by atoms with E-state index in [4.69, 9.17) is 21.1 Å². The number of benzene rings is 2. The molecule has 0 unspecified atom stereocenters. The molecule has 7 heteroatoms. The van der Waals surface area contributed by atoms with E-state index in [0.717, 1.165) is 5.56 Å². The Morgan fingerprint density at radius 1 is 1.09 bits per heavy atom. The lowest BCUT2D eigenvalue weighted by Crippen LogP contribution is -2.29. The maximum absolute atomic E-state index is 13.1. The van der Waals surface area contributed by atoms with E-state index in [1.807, 2.05) is 18.2 Å². The van der Waals surface area contributed by atoms with E-state index in [9.17, 15) is 8.42 Å². The summed E-state index contributed by atoms with van der Waals surface area (Å²) in [5.74, 6) is 0.485. The lowest BCUT2D eigenvalue weighted by molar-refractivity contribution is 0.392. The van der Waals surface area contributed by atoms with Crippen molar-refractivity contribution in [3.05, 3.63) is 47.0 Å². The molecule has 122 valence electrons. The highest BCUT2D eigenvalue weighted by molar-refractivity contribution is 7.93. The Labute approximate surface area is 140 Å². The normalized spacial score (nSPS) is 13.8. The van der Waals surface area contributed by atoms with Gasteiger partial charge in [-0.1, -0.05) is 29.8 Å². The predicted octanol–water partition coefficient (Wildman–Crippen LogP) is 3.11. The fraction of sp³-hybridized carbons (Fsp3) is 0.250. The Bertz CT molecular complexity index is 851. The highest BCUT2D eigenvalue weighted by Gasteiger charge is 2.33. The van der Waals surface area contributed by atoms with Crippen molar-refractivity contribution in [1.29, 1.82) is 0 Å². The molecule has 0 radical (unpaired) electrons. The summed E-state index contributed by atoms with van der Waals surface area (Å²) in [4.78, 5) is 0.0398. The standard InChI is InChI=1S/C16H16ClNO4S/c1-21-14-10-16(15(22-2)9-12(14)17)23(19,20)18-8-7-11-5-3-4-6-13(11)18/h3-6,9-10H,7-8H2,1-2H3. The van der Waals surface area contributed by atoms with Crippen LogP contribution in [-0.2, 0) is 16.4 Å². The van der Waals surface area contributed by atoms with E-state index >= 15 is 0 Å². The molecular formula is C16H16ClNO4S. The van der Waals surface area contributed by atoms with Gasteiger partial charge < -0.3 is 9.47 Å². The van der Waals surface area contributed by atoms with Crippen LogP contribution in [0.4, 0.5) is 5.69 Å². The molecule has 23 heavy (non-hydrogen) atoms. The van der Waals surface area contributed by atoms with Crippen molar-refractivity contribution in [2.75, 3.05) is 25.1 Å². The number of para-hydroxylation sites is 1. The summed E-state index contributed by atoms with van der Waals surface area (Å²) in [5, 5.41) is 0.296. The minimum Gasteiger partial charge on any atom is -0.495 e. The molecule has 0 bridgehead atoms. The number of fused-ring (bicyclic) bond motifs is 1. The molecule has 0 aliphatic carbocycles. The number of rotatable bonds is 4. The molecule has 0 saturated heterocycles. The second-order valence-electron chi connectivity index (χ2n) is 5.09. The van der Waals surface area contributed by atoms with Crippen LogP contribution < -0.4 is 13.8 Å². The van der Waals surface area contributed by atoms with E-state index in [-0.39, 0.29) is 10.6 Å². The first-order valence-electron chi connectivity index (χ1n) is 7.01. The molecular weight excluding hydrogens is 338 g/mol. The lowest BCUT2D eigenvalue weighted by atomic mass is 10.2. The summed E-state index contributed by atoms with van der Waals surface area (Å²) in [6.07, 6.45) is 0.683. The molecule has 0 fully saturated rings. The van der Waals surface area contributed by atoms with Gasteiger partial charge in [0.15, 0.2) is 0 Å². The molecule has 0 spiro atoms. The van der Waals surface area contributed by atoms with Gasteiger partial charge in [-0.25, -0.2) is 8.42 Å². The van der Waals surface area contributed by atoms with Gasteiger partial charge in [-0.05, 0) is 18.1 Å². The van der Waals surface area contributed by atoms with Gasteiger partial charge in [0.25, 0.3) is 10.0 Å². The molecule has 2 aromatic rings. The SMILES string of the molecule is COc1cc(S(=O)(=O)N2CCc3ccccc32)c(OC)cc1Cl. The number of anilines is 1. The topological polar surface area (TPSA) is 55.8 Å². The molecule has 2 aromatic carbocycles. The third-order valence-corrected chi connectivity index (χ3v) is 5.98. The maximum atomic E-state index is 13.1. The predicted molar refractivity (Wildman–Crippen MR) is 89.2 cm³/mol. The molecule has 0 atom stereocenters. The quantitative estimate of drug-likeness (QED) is 0.847. The molecule has 0 N–H and O–H groups in total. The van der Waals surface area contributed by atoms with Crippen molar-refractivity contribution in [2.45, 2.75) is 11.3 Å². The zero-order valence-electron chi connectivity index (χ0n) is 12.7. The molecule has 1 aliphatic heterocycles. The summed E-state index contributed by atoms with van der Waals surface area (Å²) < 4.78 is 38.0. The van der Waals surface area contributed by atoms with Crippen molar-refractivity contribution in [3.63, 3.8) is 0 Å². The average Bonchev–Trinajstić information content (AvgIpc) is 2.99. The largest absolute Gasteiger partial charge is 0.495 e. The number of sulfonamides is 1. The van der Waals surface area contributed by atoms with E-state index < -0.39 is 10.0 Å². The van der Waals surface area contributed by atoms with Crippen LogP contribution in [0, 0.1) is 0 Å². The van der Waals surface area contributed by atoms with Crippen molar-refractivity contribution in [3.8, 4) is 11.5 Å². The van der Waals surface area contributed by atoms with Crippen molar-refractivity contribution < 1.29 is 17.9 Å². The zero-order valence-corrected chi connectivity index (χ0v) is 14.3. The van der Waals surface area contributed by atoms with Crippen LogP contribution in [0.3, 0.4) is 0 Å². The number of methoxy groups -OCH3 is 2. The molecule has 0 aromatic heterocycles. The summed E-state index contributed by atoms with van der Waals surface area (Å²) in [6.45, 7) is 0.399. The molecule has 5 nitrogen and oxygen atoms in total. The Balaban J connectivity index is 2.14. The van der Waals surface area contributed by atoms with Crippen LogP contribution in [0.5, 0.6) is 11.5 Å². The number of hydrogen-bond donors (Lipinski definition) is 0. The van der Waals surface area contributed by atoms with Gasteiger partial charge in [-0.15, -0.1) is 0 Å². The molecule has 0 saturated carbocycles. The summed E-state index contributed by atoms with van der Waals surface area (Å²) in [7, 11) is -0.923. The Kier molecular flexibility index (Phi) is 4.12. The highest BCUT2D eigenvalue weighted by Crippen LogP contribution is 2.39. The van der Waals surface area contributed by atoms with Crippen LogP contribution in [0.15, 0.2) is 41.3 Å². The Morgan fingerprint density at radius 3 is 2.48 bits per heavy atom. The third kappa shape index (κ3) is 2.62. The van der Waals surface area contributed by atoms with Crippen LogP contribution in [-0.4, -0.2) is 29.2 Å². The van der Waals surface area contributed by atoms with Gasteiger partial charge in [0.05, 0.1) is 24.9 Å². The van der Waals surface area contributed by atoms with Gasteiger partial charge in [-0.2, -0.15) is 0 Å². The number of hydrogen-bond acceptors (Lipinski definition) is 4. The van der Waals surface area contributed by atoms with Gasteiger partial charge >= 0.3 is 0 Å². The fourth-order valence-electron chi connectivity index (χ4n) is 2.71. The summed E-state index contributed by atoms with van der Waals surface area (Å²) in [6, 6.07) is 10.3. The van der Waals surface area contributed by atoms with Gasteiger partial charge in [0, 0.05) is 18.7 Å². The first-order chi connectivity index (χ1) is 11.0. The summed E-state index contributed by atoms with van der Waals surface area (Å²) >= 11 is 6.06. The number of nitrogens with zero attached hydrogens (tertiary/aromatic N) is 1. The minimum atomic E-state index is -3.77. The second-order valence-corrected chi connectivity index (χ2v) is 7.33. The van der Waals surface area contributed by atoms with Crippen molar-refractivity contribution >= 4 is 27.3 Å². The van der Waals surface area contributed by atoms with Crippen LogP contribution >= 0.6 is 11.6 Å². The smallest absolute Gasteiger partial charge is 0.268 e. The van der Waals surface area contributed by atoms with Crippen LogP contribution in [0.2, 0.25) is 5.02 Å². The highest BCUT2D eigenvalue weighted by atomic mass is 35.5.